The predicted molar refractivity (Wildman–Crippen MR) is 92.9 cm³/mol. The van der Waals surface area contributed by atoms with Gasteiger partial charge in [0.05, 0.1) is 5.52 Å². The van der Waals surface area contributed by atoms with Crippen LogP contribution in [0.3, 0.4) is 0 Å². The third-order valence-electron chi connectivity index (χ3n) is 3.51. The van der Waals surface area contributed by atoms with Crippen molar-refractivity contribution in [1.82, 2.24) is 20.0 Å². The first-order valence-electron chi connectivity index (χ1n) is 7.59. The van der Waals surface area contributed by atoms with Crippen molar-refractivity contribution >= 4 is 20.9 Å². The molecule has 0 unspecified atom stereocenters. The van der Waals surface area contributed by atoms with E-state index in [2.05, 4.69) is 26.1 Å². The molecule has 3 aromatic rings. The monoisotopic (exact) mass is 342 g/mol. The van der Waals surface area contributed by atoms with Gasteiger partial charge in [-0.1, -0.05) is 18.2 Å². The number of rotatable bonds is 7. The van der Waals surface area contributed by atoms with E-state index in [0.29, 0.717) is 19.6 Å². The number of nitrogens with one attached hydrogen (secondary N) is 2. The molecular weight excluding hydrogens is 324 g/mol. The van der Waals surface area contributed by atoms with Crippen molar-refractivity contribution < 1.29 is 8.42 Å². The van der Waals surface area contributed by atoms with E-state index in [0.717, 1.165) is 16.5 Å². The van der Waals surface area contributed by atoms with Crippen LogP contribution >= 0.6 is 0 Å². The molecule has 0 bridgehead atoms. The van der Waals surface area contributed by atoms with Crippen molar-refractivity contribution in [1.29, 1.82) is 0 Å². The Hall–Kier alpha value is -2.35. The Morgan fingerprint density at radius 2 is 1.88 bits per heavy atom. The molecule has 0 saturated heterocycles. The van der Waals surface area contributed by atoms with Crippen molar-refractivity contribution in [3.63, 3.8) is 0 Å². The van der Waals surface area contributed by atoms with Crippen molar-refractivity contribution in [3.8, 4) is 0 Å². The summed E-state index contributed by atoms with van der Waals surface area (Å²) in [7, 11) is -3.50. The van der Waals surface area contributed by atoms with Gasteiger partial charge in [-0.2, -0.15) is 0 Å². The molecule has 124 valence electrons. The lowest BCUT2D eigenvalue weighted by atomic mass is 10.1. The van der Waals surface area contributed by atoms with Crippen LogP contribution in [0.1, 0.15) is 5.56 Å². The highest BCUT2D eigenvalue weighted by Crippen LogP contribution is 2.12. The summed E-state index contributed by atoms with van der Waals surface area (Å²) in [4.78, 5) is 8.39. The zero-order valence-corrected chi connectivity index (χ0v) is 13.8. The average molecular weight is 342 g/mol. The molecule has 24 heavy (non-hydrogen) atoms. The summed E-state index contributed by atoms with van der Waals surface area (Å²) >= 11 is 0. The van der Waals surface area contributed by atoms with Gasteiger partial charge in [-0.3, -0.25) is 9.97 Å². The van der Waals surface area contributed by atoms with Gasteiger partial charge in [-0.25, -0.2) is 13.1 Å². The summed E-state index contributed by atoms with van der Waals surface area (Å²) in [6.45, 7) is 1.46. The minimum absolute atomic E-state index is 0.170. The van der Waals surface area contributed by atoms with Gasteiger partial charge >= 0.3 is 0 Å². The van der Waals surface area contributed by atoms with Crippen LogP contribution in [0.25, 0.3) is 10.9 Å². The Morgan fingerprint density at radius 1 is 1.00 bits per heavy atom. The van der Waals surface area contributed by atoms with Crippen LogP contribution < -0.4 is 10.0 Å². The smallest absolute Gasteiger partial charge is 0.242 e. The van der Waals surface area contributed by atoms with Gasteiger partial charge in [0, 0.05) is 43.6 Å². The van der Waals surface area contributed by atoms with E-state index in [4.69, 9.17) is 0 Å². The molecule has 0 spiro atoms. The molecule has 1 aromatic carbocycles. The number of para-hydroxylation sites is 1. The Morgan fingerprint density at radius 3 is 2.71 bits per heavy atom. The maximum Gasteiger partial charge on any atom is 0.242 e. The Bertz CT molecular complexity index is 914. The highest BCUT2D eigenvalue weighted by atomic mass is 32.2. The molecule has 0 atom stereocenters. The lowest BCUT2D eigenvalue weighted by Crippen LogP contribution is -2.31. The summed E-state index contributed by atoms with van der Waals surface area (Å²) in [5.41, 5.74) is 2.02. The number of hydrogen-bond acceptors (Lipinski definition) is 5. The maximum absolute atomic E-state index is 12.0. The van der Waals surface area contributed by atoms with Gasteiger partial charge < -0.3 is 5.32 Å². The number of benzene rings is 1. The molecule has 0 amide bonds. The molecule has 2 N–H and O–H groups in total. The Balaban J connectivity index is 1.48. The summed E-state index contributed by atoms with van der Waals surface area (Å²) in [6, 6.07) is 13.1. The van der Waals surface area contributed by atoms with Gasteiger partial charge in [0.25, 0.3) is 0 Å². The number of aromatic nitrogens is 2. The van der Waals surface area contributed by atoms with E-state index in [1.165, 1.54) is 18.5 Å². The SMILES string of the molecule is O=S(=O)(NCCNCc1cnc2ccccc2c1)c1cccnc1. The second-order valence-electron chi connectivity index (χ2n) is 5.30. The summed E-state index contributed by atoms with van der Waals surface area (Å²) in [6.07, 6.45) is 4.70. The zero-order chi connectivity index (χ0) is 16.8. The molecule has 0 saturated carbocycles. The molecule has 7 heteroatoms. The largest absolute Gasteiger partial charge is 0.311 e. The fraction of sp³-hybridized carbons (Fsp3) is 0.176. The minimum atomic E-state index is -3.50. The molecule has 0 radical (unpaired) electrons. The van der Waals surface area contributed by atoms with E-state index in [-0.39, 0.29) is 4.90 Å². The molecule has 2 aromatic heterocycles. The first-order chi connectivity index (χ1) is 11.6. The topological polar surface area (TPSA) is 84.0 Å². The normalized spacial score (nSPS) is 11.7. The lowest BCUT2D eigenvalue weighted by Gasteiger charge is -2.08. The number of fused-ring (bicyclic) bond motifs is 1. The van der Waals surface area contributed by atoms with Crippen LogP contribution in [-0.4, -0.2) is 31.5 Å². The predicted octanol–water partition coefficient (Wildman–Crippen LogP) is 1.70. The molecule has 0 aliphatic heterocycles. The first kappa shape index (κ1) is 16.5. The van der Waals surface area contributed by atoms with Crippen LogP contribution in [0.5, 0.6) is 0 Å². The number of nitrogens with zero attached hydrogens (tertiary/aromatic N) is 2. The lowest BCUT2D eigenvalue weighted by molar-refractivity contribution is 0.575. The number of pyridine rings is 2. The summed E-state index contributed by atoms with van der Waals surface area (Å²) in [5.74, 6) is 0. The highest BCUT2D eigenvalue weighted by molar-refractivity contribution is 7.89. The van der Waals surface area contributed by atoms with Crippen LogP contribution in [0.15, 0.2) is 66.0 Å². The van der Waals surface area contributed by atoms with E-state index >= 15 is 0 Å². The van der Waals surface area contributed by atoms with Gasteiger partial charge in [-0.05, 0) is 29.8 Å². The van der Waals surface area contributed by atoms with Crippen LogP contribution in [0.4, 0.5) is 0 Å². The molecule has 3 rings (SSSR count). The molecule has 0 aliphatic carbocycles. The number of hydrogen-bond donors (Lipinski definition) is 2. The fourth-order valence-electron chi connectivity index (χ4n) is 2.31. The minimum Gasteiger partial charge on any atom is -0.311 e. The van der Waals surface area contributed by atoms with Crippen molar-refractivity contribution in [3.05, 3.63) is 66.6 Å². The van der Waals surface area contributed by atoms with Crippen molar-refractivity contribution in [2.45, 2.75) is 11.4 Å². The van der Waals surface area contributed by atoms with E-state index in [1.54, 1.807) is 6.07 Å². The van der Waals surface area contributed by atoms with Crippen molar-refractivity contribution in [2.24, 2.45) is 0 Å². The molecule has 2 heterocycles. The van der Waals surface area contributed by atoms with Gasteiger partial charge in [0.2, 0.25) is 10.0 Å². The maximum atomic E-state index is 12.0. The molecule has 0 aliphatic rings. The molecular formula is C17H18N4O2S. The number of sulfonamides is 1. The zero-order valence-electron chi connectivity index (χ0n) is 13.0. The summed E-state index contributed by atoms with van der Waals surface area (Å²) < 4.78 is 26.6. The quantitative estimate of drug-likeness (QED) is 0.639. The third-order valence-corrected chi connectivity index (χ3v) is 4.96. The van der Waals surface area contributed by atoms with Crippen molar-refractivity contribution in [2.75, 3.05) is 13.1 Å². The highest BCUT2D eigenvalue weighted by Gasteiger charge is 2.12. The average Bonchev–Trinajstić information content (AvgIpc) is 2.62. The third kappa shape index (κ3) is 4.14. The van der Waals surface area contributed by atoms with Gasteiger partial charge in [0.1, 0.15) is 4.90 Å². The van der Waals surface area contributed by atoms with Crippen LogP contribution in [-0.2, 0) is 16.6 Å². The second-order valence-corrected chi connectivity index (χ2v) is 7.07. The van der Waals surface area contributed by atoms with E-state index in [9.17, 15) is 8.42 Å². The van der Waals surface area contributed by atoms with Crippen LogP contribution in [0, 0.1) is 0 Å². The first-order valence-corrected chi connectivity index (χ1v) is 9.07. The molecule has 6 nitrogen and oxygen atoms in total. The molecule has 0 fully saturated rings. The standard InChI is InChI=1S/C17H18N4O2S/c22-24(23,16-5-3-7-18-13-16)21-9-8-19-11-14-10-15-4-1-2-6-17(15)20-12-14/h1-7,10,12-13,19,21H,8-9,11H2. The second kappa shape index (κ2) is 7.48. The Kier molecular flexibility index (Phi) is 5.14. The fourth-order valence-corrected chi connectivity index (χ4v) is 3.30. The van der Waals surface area contributed by atoms with E-state index in [1.807, 2.05) is 30.5 Å². The van der Waals surface area contributed by atoms with Gasteiger partial charge in [-0.15, -0.1) is 0 Å². The summed E-state index contributed by atoms with van der Waals surface area (Å²) in [5, 5.41) is 4.30. The van der Waals surface area contributed by atoms with Gasteiger partial charge in [0.15, 0.2) is 0 Å². The van der Waals surface area contributed by atoms with E-state index < -0.39 is 10.0 Å². The Labute approximate surface area is 141 Å². The van der Waals surface area contributed by atoms with Crippen LogP contribution in [0.2, 0.25) is 0 Å².